The Morgan fingerprint density at radius 3 is 2.61 bits per heavy atom. The number of rotatable bonds is 2. The minimum absolute atomic E-state index is 0.0745. The molecule has 2 heterocycles. The molecule has 0 N–H and O–H groups in total. The van der Waals surface area contributed by atoms with Gasteiger partial charge in [0.25, 0.3) is 6.43 Å². The van der Waals surface area contributed by atoms with Gasteiger partial charge in [0, 0.05) is 31.9 Å². The predicted octanol–water partition coefficient (Wildman–Crippen LogP) is 3.27. The van der Waals surface area contributed by atoms with E-state index >= 15 is 0 Å². The fourth-order valence-electron chi connectivity index (χ4n) is 3.40. The lowest BCUT2D eigenvalue weighted by atomic mass is 9.90. The average Bonchev–Trinajstić information content (AvgIpc) is 2.77. The number of nitriles is 1. The maximum Gasteiger partial charge on any atom is 0.265 e. The summed E-state index contributed by atoms with van der Waals surface area (Å²) in [4.78, 5) is 1.99. The van der Waals surface area contributed by atoms with Crippen LogP contribution in [0.25, 0.3) is 0 Å². The lowest BCUT2D eigenvalue weighted by Gasteiger charge is -2.36. The molecule has 6 heteroatoms. The van der Waals surface area contributed by atoms with Crippen LogP contribution in [-0.2, 0) is 9.47 Å². The molecule has 23 heavy (non-hydrogen) atoms. The molecular weight excluding hydrogens is 302 g/mol. The van der Waals surface area contributed by atoms with Gasteiger partial charge >= 0.3 is 0 Å². The zero-order chi connectivity index (χ0) is 16.3. The van der Waals surface area contributed by atoms with Gasteiger partial charge in [0.1, 0.15) is 6.07 Å². The Bertz CT molecular complexity index is 595. The third-order valence-electron chi connectivity index (χ3n) is 4.77. The van der Waals surface area contributed by atoms with Gasteiger partial charge in [0.05, 0.1) is 23.5 Å². The van der Waals surface area contributed by atoms with Gasteiger partial charge in [-0.2, -0.15) is 5.26 Å². The van der Waals surface area contributed by atoms with E-state index in [0.717, 1.165) is 19.3 Å². The Labute approximate surface area is 134 Å². The van der Waals surface area contributed by atoms with Crippen molar-refractivity contribution in [3.8, 4) is 6.07 Å². The van der Waals surface area contributed by atoms with Gasteiger partial charge in [-0.3, -0.25) is 0 Å². The molecule has 4 nitrogen and oxygen atoms in total. The third kappa shape index (κ3) is 3.31. The van der Waals surface area contributed by atoms with Crippen molar-refractivity contribution in [1.29, 1.82) is 5.26 Å². The first-order chi connectivity index (χ1) is 11.2. The second-order valence-electron chi connectivity index (χ2n) is 6.03. The predicted molar refractivity (Wildman–Crippen MR) is 81.7 cm³/mol. The Balaban J connectivity index is 1.83. The fourth-order valence-corrected chi connectivity index (χ4v) is 3.40. The van der Waals surface area contributed by atoms with Crippen molar-refractivity contribution in [1.82, 2.24) is 0 Å². The smallest absolute Gasteiger partial charge is 0.265 e. The van der Waals surface area contributed by atoms with E-state index < -0.39 is 6.43 Å². The molecule has 0 amide bonds. The van der Waals surface area contributed by atoms with E-state index in [0.29, 0.717) is 38.6 Å². The summed E-state index contributed by atoms with van der Waals surface area (Å²) in [7, 11) is 0. The molecule has 0 bridgehead atoms. The molecule has 1 spiro atoms. The Morgan fingerprint density at radius 1 is 1.13 bits per heavy atom. The van der Waals surface area contributed by atoms with E-state index in [1.165, 1.54) is 6.07 Å². The summed E-state index contributed by atoms with van der Waals surface area (Å²) >= 11 is 0. The van der Waals surface area contributed by atoms with Crippen LogP contribution in [0.4, 0.5) is 14.5 Å². The fraction of sp³-hybridized carbons (Fsp3) is 0.588. The minimum Gasteiger partial charge on any atom is -0.381 e. The summed E-state index contributed by atoms with van der Waals surface area (Å²) in [6.45, 7) is 3.23. The van der Waals surface area contributed by atoms with Gasteiger partial charge in [0.15, 0.2) is 0 Å². The molecule has 0 atom stereocenters. The van der Waals surface area contributed by atoms with Crippen molar-refractivity contribution in [3.05, 3.63) is 29.3 Å². The molecule has 0 saturated carbocycles. The second kappa shape index (κ2) is 6.81. The van der Waals surface area contributed by atoms with Crippen molar-refractivity contribution in [3.63, 3.8) is 0 Å². The van der Waals surface area contributed by atoms with Crippen LogP contribution in [0.15, 0.2) is 18.2 Å². The molecule has 2 aliphatic heterocycles. The number of halogens is 2. The lowest BCUT2D eigenvalue weighted by molar-refractivity contribution is -0.105. The molecule has 3 rings (SSSR count). The number of alkyl halides is 2. The number of hydrogen-bond donors (Lipinski definition) is 0. The standard InChI is InChI=1S/C17H20F2N2O2/c18-16(19)13-2-1-3-15(14(13)12-20)21-7-4-17(23-11-8-21)5-9-22-10-6-17/h1-3,16H,4-11H2. The number of nitrogens with zero attached hydrogens (tertiary/aromatic N) is 2. The van der Waals surface area contributed by atoms with Crippen molar-refractivity contribution >= 4 is 5.69 Å². The highest BCUT2D eigenvalue weighted by molar-refractivity contribution is 5.63. The first kappa shape index (κ1) is 16.2. The Hall–Kier alpha value is -1.71. The average molecular weight is 322 g/mol. The second-order valence-corrected chi connectivity index (χ2v) is 6.03. The summed E-state index contributed by atoms with van der Waals surface area (Å²) in [6, 6.07) is 6.61. The van der Waals surface area contributed by atoms with Crippen LogP contribution in [0.3, 0.4) is 0 Å². The zero-order valence-corrected chi connectivity index (χ0v) is 12.9. The van der Waals surface area contributed by atoms with Gasteiger partial charge in [-0.1, -0.05) is 12.1 Å². The molecule has 2 saturated heterocycles. The molecular formula is C17H20F2N2O2. The van der Waals surface area contributed by atoms with Crippen LogP contribution in [-0.4, -0.2) is 38.5 Å². The van der Waals surface area contributed by atoms with E-state index in [2.05, 4.69) is 0 Å². The first-order valence-electron chi connectivity index (χ1n) is 7.93. The molecule has 1 aromatic rings. The Morgan fingerprint density at radius 2 is 1.91 bits per heavy atom. The molecule has 0 radical (unpaired) electrons. The van der Waals surface area contributed by atoms with Crippen LogP contribution in [0.1, 0.15) is 36.8 Å². The molecule has 2 fully saturated rings. The van der Waals surface area contributed by atoms with Crippen LogP contribution >= 0.6 is 0 Å². The van der Waals surface area contributed by atoms with Gasteiger partial charge in [-0.25, -0.2) is 8.78 Å². The maximum absolute atomic E-state index is 13.1. The highest BCUT2D eigenvalue weighted by Gasteiger charge is 2.36. The number of hydrogen-bond acceptors (Lipinski definition) is 4. The molecule has 1 aromatic carbocycles. The van der Waals surface area contributed by atoms with Crippen molar-refractivity contribution in [2.45, 2.75) is 31.3 Å². The van der Waals surface area contributed by atoms with Crippen LogP contribution < -0.4 is 4.90 Å². The van der Waals surface area contributed by atoms with E-state index in [9.17, 15) is 14.0 Å². The summed E-state index contributed by atoms with van der Waals surface area (Å²) in [5.74, 6) is 0. The molecule has 0 aromatic heterocycles. The third-order valence-corrected chi connectivity index (χ3v) is 4.77. The van der Waals surface area contributed by atoms with E-state index in [-0.39, 0.29) is 16.7 Å². The Kier molecular flexibility index (Phi) is 4.79. The topological polar surface area (TPSA) is 45.5 Å². The summed E-state index contributed by atoms with van der Waals surface area (Å²) in [6.07, 6.45) is -0.0960. The van der Waals surface area contributed by atoms with Gasteiger partial charge < -0.3 is 14.4 Å². The number of ether oxygens (including phenoxy) is 2. The lowest BCUT2D eigenvalue weighted by Crippen LogP contribution is -2.39. The maximum atomic E-state index is 13.1. The van der Waals surface area contributed by atoms with E-state index in [1.807, 2.05) is 11.0 Å². The molecule has 0 aliphatic carbocycles. The molecule has 2 aliphatic rings. The number of benzene rings is 1. The summed E-state index contributed by atoms with van der Waals surface area (Å²) in [5, 5.41) is 9.33. The SMILES string of the molecule is N#Cc1c(C(F)F)cccc1N1CCOC2(CCOCC2)CC1. The molecule has 124 valence electrons. The quantitative estimate of drug-likeness (QED) is 0.838. The van der Waals surface area contributed by atoms with Gasteiger partial charge in [0.2, 0.25) is 0 Å². The van der Waals surface area contributed by atoms with Crippen molar-refractivity contribution < 1.29 is 18.3 Å². The largest absolute Gasteiger partial charge is 0.381 e. The van der Waals surface area contributed by atoms with Crippen LogP contribution in [0.2, 0.25) is 0 Å². The van der Waals surface area contributed by atoms with E-state index in [1.54, 1.807) is 12.1 Å². The van der Waals surface area contributed by atoms with Gasteiger partial charge in [-0.05, 0) is 25.3 Å². The normalized spacial score (nSPS) is 21.2. The summed E-state index contributed by atoms with van der Waals surface area (Å²) in [5.41, 5.74) is 0.291. The highest BCUT2D eigenvalue weighted by atomic mass is 19.3. The summed E-state index contributed by atoms with van der Waals surface area (Å²) < 4.78 is 37.7. The van der Waals surface area contributed by atoms with E-state index in [4.69, 9.17) is 9.47 Å². The van der Waals surface area contributed by atoms with Gasteiger partial charge in [-0.15, -0.1) is 0 Å². The highest BCUT2D eigenvalue weighted by Crippen LogP contribution is 2.34. The van der Waals surface area contributed by atoms with Crippen LogP contribution in [0.5, 0.6) is 0 Å². The first-order valence-corrected chi connectivity index (χ1v) is 7.93. The van der Waals surface area contributed by atoms with Crippen LogP contribution in [0, 0.1) is 11.3 Å². The monoisotopic (exact) mass is 322 g/mol. The number of anilines is 1. The van der Waals surface area contributed by atoms with Crippen molar-refractivity contribution in [2.24, 2.45) is 0 Å². The molecule has 0 unspecified atom stereocenters. The minimum atomic E-state index is -2.64. The zero-order valence-electron chi connectivity index (χ0n) is 12.9. The van der Waals surface area contributed by atoms with Crippen molar-refractivity contribution in [2.75, 3.05) is 37.8 Å².